The molecule has 0 heterocycles. The van der Waals surface area contributed by atoms with Crippen molar-refractivity contribution in [1.29, 1.82) is 0 Å². The van der Waals surface area contributed by atoms with E-state index in [4.69, 9.17) is 14.2 Å². The van der Waals surface area contributed by atoms with Gasteiger partial charge in [0.25, 0.3) is 0 Å². The predicted octanol–water partition coefficient (Wildman–Crippen LogP) is 3.35. The summed E-state index contributed by atoms with van der Waals surface area (Å²) in [6.07, 6.45) is 1.30. The van der Waals surface area contributed by atoms with Crippen LogP contribution in [0.5, 0.6) is 5.75 Å². The van der Waals surface area contributed by atoms with Crippen LogP contribution < -0.4 is 4.74 Å². The molecule has 0 amide bonds. The van der Waals surface area contributed by atoms with Crippen LogP contribution in [0.25, 0.3) is 0 Å². The van der Waals surface area contributed by atoms with Crippen LogP contribution in [-0.2, 0) is 25.5 Å². The number of carbonyl (C=O) groups excluding carboxylic acids is 2. The van der Waals surface area contributed by atoms with Gasteiger partial charge in [0.2, 0.25) is 0 Å². The van der Waals surface area contributed by atoms with E-state index in [0.29, 0.717) is 12.8 Å². The second kappa shape index (κ2) is 8.25. The third-order valence-corrected chi connectivity index (χ3v) is 5.35. The average Bonchev–Trinajstić information content (AvgIpc) is 2.73. The Morgan fingerprint density at radius 1 is 0.926 bits per heavy atom. The summed E-state index contributed by atoms with van der Waals surface area (Å²) in [5.41, 5.74) is 3.50. The molecule has 0 aromatic heterocycles. The Hall–Kier alpha value is -2.82. The zero-order chi connectivity index (χ0) is 19.4. The van der Waals surface area contributed by atoms with E-state index in [1.807, 2.05) is 36.4 Å². The molecule has 5 heteroatoms. The number of esters is 2. The predicted molar refractivity (Wildman–Crippen MR) is 101 cm³/mol. The molecule has 2 atom stereocenters. The van der Waals surface area contributed by atoms with Gasteiger partial charge in [-0.05, 0) is 47.6 Å². The Labute approximate surface area is 159 Å². The molecule has 3 rings (SSSR count). The first kappa shape index (κ1) is 19.0. The lowest BCUT2D eigenvalue weighted by Crippen LogP contribution is -2.37. The van der Waals surface area contributed by atoms with Gasteiger partial charge in [0.15, 0.2) is 5.92 Å². The monoisotopic (exact) mass is 368 g/mol. The molecule has 27 heavy (non-hydrogen) atoms. The van der Waals surface area contributed by atoms with E-state index < -0.39 is 17.9 Å². The number of fused-ring (bicyclic) bond motifs is 1. The summed E-state index contributed by atoms with van der Waals surface area (Å²) in [6.45, 7) is 0. The number of carbonyl (C=O) groups is 2. The van der Waals surface area contributed by atoms with Crippen LogP contribution in [0.3, 0.4) is 0 Å². The normalized spacial score (nSPS) is 18.5. The van der Waals surface area contributed by atoms with Crippen LogP contribution in [-0.4, -0.2) is 33.3 Å². The van der Waals surface area contributed by atoms with Gasteiger partial charge in [0.05, 0.1) is 21.3 Å². The van der Waals surface area contributed by atoms with E-state index >= 15 is 0 Å². The fraction of sp³-hybridized carbons (Fsp3) is 0.364. The number of benzene rings is 2. The van der Waals surface area contributed by atoms with Crippen LogP contribution in [0.15, 0.2) is 48.5 Å². The zero-order valence-electron chi connectivity index (χ0n) is 15.8. The summed E-state index contributed by atoms with van der Waals surface area (Å²) >= 11 is 0. The third kappa shape index (κ3) is 3.82. The van der Waals surface area contributed by atoms with Crippen molar-refractivity contribution in [3.8, 4) is 5.75 Å². The lowest BCUT2D eigenvalue weighted by Gasteiger charge is -2.34. The van der Waals surface area contributed by atoms with Gasteiger partial charge in [-0.1, -0.05) is 36.4 Å². The van der Waals surface area contributed by atoms with Crippen molar-refractivity contribution < 1.29 is 23.8 Å². The molecule has 142 valence electrons. The lowest BCUT2D eigenvalue weighted by molar-refractivity contribution is -0.161. The van der Waals surface area contributed by atoms with Crippen molar-refractivity contribution in [1.82, 2.24) is 0 Å². The summed E-state index contributed by atoms with van der Waals surface area (Å²) in [4.78, 5) is 24.6. The molecule has 0 spiro atoms. The zero-order valence-corrected chi connectivity index (χ0v) is 15.8. The van der Waals surface area contributed by atoms with E-state index in [1.165, 1.54) is 19.8 Å². The minimum atomic E-state index is -0.922. The second-order valence-electron chi connectivity index (χ2n) is 6.75. The van der Waals surface area contributed by atoms with Crippen molar-refractivity contribution in [2.24, 2.45) is 11.8 Å². The van der Waals surface area contributed by atoms with Crippen LogP contribution >= 0.6 is 0 Å². The molecule has 5 nitrogen and oxygen atoms in total. The molecule has 0 saturated carbocycles. The van der Waals surface area contributed by atoms with Crippen LogP contribution in [0.4, 0.5) is 0 Å². The standard InChI is InChI=1S/C22H24O5/c1-25-17-10-8-14(9-11-17)19-13-16(12-15-6-4-5-7-18(15)19)20(21(23)26-2)22(24)27-3/h4-11,16,19-20H,12-13H2,1-3H3. The third-order valence-electron chi connectivity index (χ3n) is 5.35. The summed E-state index contributed by atoms with van der Waals surface area (Å²) < 4.78 is 15.0. The fourth-order valence-corrected chi connectivity index (χ4v) is 4.00. The van der Waals surface area contributed by atoms with Gasteiger partial charge in [-0.2, -0.15) is 0 Å². The summed E-state index contributed by atoms with van der Waals surface area (Å²) in [7, 11) is 4.24. The van der Waals surface area contributed by atoms with Crippen molar-refractivity contribution in [3.63, 3.8) is 0 Å². The molecule has 0 fully saturated rings. The summed E-state index contributed by atoms with van der Waals surface area (Å²) in [5.74, 6) is -1.32. The summed E-state index contributed by atoms with van der Waals surface area (Å²) in [6, 6.07) is 16.1. The van der Waals surface area contributed by atoms with Gasteiger partial charge >= 0.3 is 11.9 Å². The smallest absolute Gasteiger partial charge is 0.320 e. The fourth-order valence-electron chi connectivity index (χ4n) is 4.00. The number of methoxy groups -OCH3 is 3. The number of rotatable bonds is 5. The molecule has 0 aliphatic heterocycles. The van der Waals surface area contributed by atoms with Crippen molar-refractivity contribution >= 4 is 11.9 Å². The van der Waals surface area contributed by atoms with Crippen LogP contribution in [0.1, 0.15) is 29.0 Å². The van der Waals surface area contributed by atoms with E-state index in [-0.39, 0.29) is 11.8 Å². The molecule has 0 saturated heterocycles. The lowest BCUT2D eigenvalue weighted by atomic mass is 9.70. The van der Waals surface area contributed by atoms with E-state index in [1.54, 1.807) is 7.11 Å². The van der Waals surface area contributed by atoms with E-state index in [9.17, 15) is 9.59 Å². The SMILES string of the molecule is COC(=O)C(C(=O)OC)C1Cc2ccccc2C(c2ccc(OC)cc2)C1. The maximum absolute atomic E-state index is 12.3. The second-order valence-corrected chi connectivity index (χ2v) is 6.75. The van der Waals surface area contributed by atoms with Gasteiger partial charge in [0.1, 0.15) is 5.75 Å². The van der Waals surface area contributed by atoms with Crippen molar-refractivity contribution in [2.75, 3.05) is 21.3 Å². The Bertz CT molecular complexity index is 796. The maximum atomic E-state index is 12.3. The maximum Gasteiger partial charge on any atom is 0.320 e. The molecular formula is C22H24O5. The Balaban J connectivity index is 2.00. The largest absolute Gasteiger partial charge is 0.497 e. The molecule has 0 N–H and O–H groups in total. The van der Waals surface area contributed by atoms with Gasteiger partial charge in [-0.25, -0.2) is 0 Å². The molecule has 2 aromatic rings. The molecule has 0 radical (unpaired) electrons. The molecule has 2 unspecified atom stereocenters. The molecule has 0 bridgehead atoms. The first-order chi connectivity index (χ1) is 13.1. The Kier molecular flexibility index (Phi) is 5.79. The minimum Gasteiger partial charge on any atom is -0.497 e. The number of hydrogen-bond acceptors (Lipinski definition) is 5. The Morgan fingerprint density at radius 2 is 1.56 bits per heavy atom. The van der Waals surface area contributed by atoms with E-state index in [2.05, 4.69) is 12.1 Å². The molecule has 1 aliphatic rings. The van der Waals surface area contributed by atoms with Gasteiger partial charge in [0, 0.05) is 5.92 Å². The van der Waals surface area contributed by atoms with E-state index in [0.717, 1.165) is 16.9 Å². The Morgan fingerprint density at radius 3 is 2.15 bits per heavy atom. The van der Waals surface area contributed by atoms with Crippen molar-refractivity contribution in [3.05, 3.63) is 65.2 Å². The van der Waals surface area contributed by atoms with Crippen LogP contribution in [0, 0.1) is 11.8 Å². The average molecular weight is 368 g/mol. The highest BCUT2D eigenvalue weighted by atomic mass is 16.5. The van der Waals surface area contributed by atoms with Gasteiger partial charge in [-0.3, -0.25) is 9.59 Å². The highest BCUT2D eigenvalue weighted by molar-refractivity contribution is 5.95. The number of ether oxygens (including phenoxy) is 3. The highest BCUT2D eigenvalue weighted by Gasteiger charge is 2.41. The molecule has 2 aromatic carbocycles. The highest BCUT2D eigenvalue weighted by Crippen LogP contribution is 2.42. The van der Waals surface area contributed by atoms with Gasteiger partial charge < -0.3 is 14.2 Å². The molecule has 1 aliphatic carbocycles. The topological polar surface area (TPSA) is 61.8 Å². The first-order valence-corrected chi connectivity index (χ1v) is 8.96. The van der Waals surface area contributed by atoms with Crippen LogP contribution in [0.2, 0.25) is 0 Å². The van der Waals surface area contributed by atoms with Gasteiger partial charge in [-0.15, -0.1) is 0 Å². The molecular weight excluding hydrogens is 344 g/mol. The van der Waals surface area contributed by atoms with Crippen molar-refractivity contribution in [2.45, 2.75) is 18.8 Å². The number of hydrogen-bond donors (Lipinski definition) is 0. The quantitative estimate of drug-likeness (QED) is 0.598. The minimum absolute atomic E-state index is 0.0858. The first-order valence-electron chi connectivity index (χ1n) is 8.96. The summed E-state index contributed by atoms with van der Waals surface area (Å²) in [5, 5.41) is 0.